The molecule has 3 amide bonds. The molecule has 0 radical (unpaired) electrons. The first kappa shape index (κ1) is 22.6. The number of nitrogens with zero attached hydrogens (tertiary/aromatic N) is 2. The van der Waals surface area contributed by atoms with Crippen molar-refractivity contribution >= 4 is 30.1 Å². The van der Waals surface area contributed by atoms with E-state index in [0.29, 0.717) is 43.9 Å². The molecule has 0 atom stereocenters. The topological polar surface area (TPSA) is 79.0 Å². The van der Waals surface area contributed by atoms with Gasteiger partial charge in [-0.1, -0.05) is 42.5 Å². The SMILES string of the molecule is CC(C)(C)OC(=O)N1CCN(C(=O)c2cccc(/C=C/c3cccc4c3C(=O)NC4)c2)CC1. The van der Waals surface area contributed by atoms with Crippen LogP contribution in [0.2, 0.25) is 0 Å². The minimum atomic E-state index is -0.540. The van der Waals surface area contributed by atoms with E-state index in [1.807, 2.05) is 69.3 Å². The molecule has 2 aromatic rings. The third kappa shape index (κ3) is 5.25. The lowest BCUT2D eigenvalue weighted by atomic mass is 10.0. The monoisotopic (exact) mass is 447 g/mol. The van der Waals surface area contributed by atoms with E-state index in [4.69, 9.17) is 4.74 Å². The van der Waals surface area contributed by atoms with E-state index in [2.05, 4.69) is 5.32 Å². The molecule has 4 rings (SSSR count). The summed E-state index contributed by atoms with van der Waals surface area (Å²) in [6, 6.07) is 13.2. The highest BCUT2D eigenvalue weighted by Crippen LogP contribution is 2.22. The van der Waals surface area contributed by atoms with Crippen LogP contribution in [0.4, 0.5) is 4.79 Å². The zero-order chi connectivity index (χ0) is 23.6. The van der Waals surface area contributed by atoms with Crippen molar-refractivity contribution in [1.29, 1.82) is 0 Å². The summed E-state index contributed by atoms with van der Waals surface area (Å²) in [5, 5.41) is 2.85. The predicted molar refractivity (Wildman–Crippen MR) is 127 cm³/mol. The summed E-state index contributed by atoms with van der Waals surface area (Å²) in [5.41, 5.74) is 3.50. The minimum Gasteiger partial charge on any atom is -0.444 e. The van der Waals surface area contributed by atoms with Gasteiger partial charge in [-0.05, 0) is 49.6 Å². The second-order valence-electron chi connectivity index (χ2n) is 9.28. The first-order chi connectivity index (χ1) is 15.7. The highest BCUT2D eigenvalue weighted by Gasteiger charge is 2.28. The largest absolute Gasteiger partial charge is 0.444 e. The van der Waals surface area contributed by atoms with E-state index in [1.54, 1.807) is 15.9 Å². The Morgan fingerprint density at radius 2 is 1.67 bits per heavy atom. The first-order valence-electron chi connectivity index (χ1n) is 11.2. The molecule has 0 unspecified atom stereocenters. The quantitative estimate of drug-likeness (QED) is 0.726. The van der Waals surface area contributed by atoms with Crippen molar-refractivity contribution in [2.24, 2.45) is 0 Å². The molecule has 2 aliphatic heterocycles. The van der Waals surface area contributed by atoms with Gasteiger partial charge in [-0.3, -0.25) is 9.59 Å². The van der Waals surface area contributed by atoms with Gasteiger partial charge in [0.1, 0.15) is 5.60 Å². The lowest BCUT2D eigenvalue weighted by Crippen LogP contribution is -2.51. The van der Waals surface area contributed by atoms with Gasteiger partial charge in [-0.25, -0.2) is 4.79 Å². The Labute approximate surface area is 194 Å². The number of nitrogens with one attached hydrogen (secondary N) is 1. The number of rotatable bonds is 3. The normalized spacial score (nSPS) is 16.0. The zero-order valence-electron chi connectivity index (χ0n) is 19.3. The van der Waals surface area contributed by atoms with Gasteiger partial charge < -0.3 is 19.9 Å². The minimum absolute atomic E-state index is 0.0558. The number of ether oxygens (including phenoxy) is 1. The van der Waals surface area contributed by atoms with Crippen molar-refractivity contribution < 1.29 is 19.1 Å². The van der Waals surface area contributed by atoms with E-state index in [0.717, 1.165) is 16.7 Å². The Morgan fingerprint density at radius 1 is 0.970 bits per heavy atom. The van der Waals surface area contributed by atoms with Crippen LogP contribution in [0.5, 0.6) is 0 Å². The number of hydrogen-bond acceptors (Lipinski definition) is 4. The summed E-state index contributed by atoms with van der Waals surface area (Å²) in [6.07, 6.45) is 3.48. The summed E-state index contributed by atoms with van der Waals surface area (Å²) in [5.74, 6) is -0.117. The molecule has 7 heteroatoms. The number of amides is 3. The van der Waals surface area contributed by atoms with Crippen LogP contribution in [-0.4, -0.2) is 59.5 Å². The maximum absolute atomic E-state index is 13.0. The van der Waals surface area contributed by atoms with Crippen LogP contribution >= 0.6 is 0 Å². The fourth-order valence-electron chi connectivity index (χ4n) is 4.01. The molecule has 0 aromatic heterocycles. The first-order valence-corrected chi connectivity index (χ1v) is 11.2. The van der Waals surface area contributed by atoms with Gasteiger partial charge in [0.05, 0.1) is 5.56 Å². The number of benzene rings is 2. The van der Waals surface area contributed by atoms with Crippen LogP contribution in [0.3, 0.4) is 0 Å². The van der Waals surface area contributed by atoms with Crippen LogP contribution in [0, 0.1) is 0 Å². The number of carbonyl (C=O) groups excluding carboxylic acids is 3. The summed E-state index contributed by atoms with van der Waals surface area (Å²) < 4.78 is 5.42. The Balaban J connectivity index is 1.41. The zero-order valence-corrected chi connectivity index (χ0v) is 19.3. The summed E-state index contributed by atoms with van der Waals surface area (Å²) >= 11 is 0. The van der Waals surface area contributed by atoms with Crippen molar-refractivity contribution in [2.45, 2.75) is 32.9 Å². The van der Waals surface area contributed by atoms with Crippen LogP contribution in [-0.2, 0) is 11.3 Å². The molecule has 1 saturated heterocycles. The van der Waals surface area contributed by atoms with Gasteiger partial charge in [0.15, 0.2) is 0 Å². The summed E-state index contributed by atoms with van der Waals surface area (Å²) in [4.78, 5) is 40.8. The second kappa shape index (κ2) is 9.10. The third-order valence-corrected chi connectivity index (χ3v) is 5.66. The van der Waals surface area contributed by atoms with Crippen LogP contribution in [0.15, 0.2) is 42.5 Å². The van der Waals surface area contributed by atoms with Crippen molar-refractivity contribution in [2.75, 3.05) is 26.2 Å². The number of fused-ring (bicyclic) bond motifs is 1. The Bertz CT molecular complexity index is 1110. The van der Waals surface area contributed by atoms with E-state index in [9.17, 15) is 14.4 Å². The fourth-order valence-corrected chi connectivity index (χ4v) is 4.01. The maximum atomic E-state index is 13.0. The van der Waals surface area contributed by atoms with Gasteiger partial charge in [0.25, 0.3) is 11.8 Å². The van der Waals surface area contributed by atoms with E-state index < -0.39 is 5.60 Å². The molecular weight excluding hydrogens is 418 g/mol. The molecule has 0 spiro atoms. The van der Waals surface area contributed by atoms with Gasteiger partial charge in [0.2, 0.25) is 0 Å². The van der Waals surface area contributed by atoms with Crippen molar-refractivity contribution in [1.82, 2.24) is 15.1 Å². The molecular formula is C26H29N3O4. The van der Waals surface area contributed by atoms with Gasteiger partial charge in [-0.2, -0.15) is 0 Å². The lowest BCUT2D eigenvalue weighted by Gasteiger charge is -2.35. The van der Waals surface area contributed by atoms with Gasteiger partial charge in [-0.15, -0.1) is 0 Å². The fraction of sp³-hybridized carbons (Fsp3) is 0.346. The second-order valence-corrected chi connectivity index (χ2v) is 9.28. The highest BCUT2D eigenvalue weighted by molar-refractivity contribution is 6.02. The number of carbonyl (C=O) groups is 3. The molecule has 0 aliphatic carbocycles. The van der Waals surface area contributed by atoms with Crippen molar-refractivity contribution in [3.8, 4) is 0 Å². The number of piperazine rings is 1. The van der Waals surface area contributed by atoms with Gasteiger partial charge >= 0.3 is 6.09 Å². The van der Waals surface area contributed by atoms with Gasteiger partial charge in [0, 0.05) is 38.3 Å². The molecule has 1 N–H and O–H groups in total. The van der Waals surface area contributed by atoms with Crippen LogP contribution < -0.4 is 5.32 Å². The Hall–Kier alpha value is -3.61. The standard InChI is InChI=1S/C26H29N3O4/c1-26(2,3)33-25(32)29-14-12-28(13-15-29)24(31)20-8-4-6-18(16-20)10-11-19-7-5-9-21-17-27-23(30)22(19)21/h4-11,16H,12-15,17H2,1-3H3,(H,27,30)/b11-10+. The average molecular weight is 448 g/mol. The highest BCUT2D eigenvalue weighted by atomic mass is 16.6. The maximum Gasteiger partial charge on any atom is 0.410 e. The van der Waals surface area contributed by atoms with E-state index in [-0.39, 0.29) is 17.9 Å². The van der Waals surface area contributed by atoms with Crippen molar-refractivity contribution in [3.05, 3.63) is 70.3 Å². The smallest absolute Gasteiger partial charge is 0.410 e. The molecule has 2 aliphatic rings. The molecule has 172 valence electrons. The van der Waals surface area contributed by atoms with Crippen molar-refractivity contribution in [3.63, 3.8) is 0 Å². The Morgan fingerprint density at radius 3 is 2.39 bits per heavy atom. The van der Waals surface area contributed by atoms with Crippen LogP contribution in [0.1, 0.15) is 58.2 Å². The summed E-state index contributed by atoms with van der Waals surface area (Å²) in [6.45, 7) is 7.89. The summed E-state index contributed by atoms with van der Waals surface area (Å²) in [7, 11) is 0. The molecule has 1 fully saturated rings. The van der Waals surface area contributed by atoms with E-state index >= 15 is 0 Å². The molecule has 7 nitrogen and oxygen atoms in total. The average Bonchev–Trinajstić information content (AvgIpc) is 3.18. The van der Waals surface area contributed by atoms with Crippen LogP contribution in [0.25, 0.3) is 12.2 Å². The number of hydrogen-bond donors (Lipinski definition) is 1. The third-order valence-electron chi connectivity index (χ3n) is 5.66. The Kier molecular flexibility index (Phi) is 6.22. The molecule has 0 bridgehead atoms. The molecule has 33 heavy (non-hydrogen) atoms. The van der Waals surface area contributed by atoms with E-state index in [1.165, 1.54) is 0 Å². The molecule has 2 aromatic carbocycles. The molecule has 0 saturated carbocycles. The lowest BCUT2D eigenvalue weighted by molar-refractivity contribution is 0.0141. The molecule has 2 heterocycles. The predicted octanol–water partition coefficient (Wildman–Crippen LogP) is 3.79.